The van der Waals surface area contributed by atoms with Crippen LogP contribution in [0.2, 0.25) is 5.02 Å². The Bertz CT molecular complexity index is 713. The summed E-state index contributed by atoms with van der Waals surface area (Å²) in [5.74, 6) is -0.584. The summed E-state index contributed by atoms with van der Waals surface area (Å²) in [6, 6.07) is 5.44. The van der Waals surface area contributed by atoms with Gasteiger partial charge in [-0.05, 0) is 36.8 Å². The largest absolute Gasteiger partial charge is 0.364 e. The number of carbonyl (C=O) groups excluding carboxylic acids is 1. The molecular formula is C13H14ClN5OS. The fourth-order valence-electron chi connectivity index (χ4n) is 1.83. The third kappa shape index (κ3) is 3.50. The average molecular weight is 324 g/mol. The van der Waals surface area contributed by atoms with Gasteiger partial charge in [-0.15, -0.1) is 0 Å². The molecule has 0 unspecified atom stereocenters. The molecule has 1 amide bonds. The highest BCUT2D eigenvalue weighted by molar-refractivity contribution is 7.80. The number of anilines is 2. The number of rotatable bonds is 3. The molecule has 6 nitrogen and oxygen atoms in total. The Morgan fingerprint density at radius 3 is 2.71 bits per heavy atom. The van der Waals surface area contributed by atoms with Crippen molar-refractivity contribution < 1.29 is 4.79 Å². The predicted molar refractivity (Wildman–Crippen MR) is 87.8 cm³/mol. The number of benzene rings is 1. The predicted octanol–water partition coefficient (Wildman–Crippen LogP) is 2.29. The van der Waals surface area contributed by atoms with Gasteiger partial charge >= 0.3 is 0 Å². The molecule has 1 aromatic heterocycles. The van der Waals surface area contributed by atoms with Gasteiger partial charge in [0.2, 0.25) is 0 Å². The van der Waals surface area contributed by atoms with Crippen LogP contribution in [-0.4, -0.2) is 20.8 Å². The third-order valence-corrected chi connectivity index (χ3v) is 3.31. The Hall–Kier alpha value is -2.12. The van der Waals surface area contributed by atoms with Gasteiger partial charge in [-0.1, -0.05) is 17.7 Å². The first-order chi connectivity index (χ1) is 9.88. The van der Waals surface area contributed by atoms with E-state index in [0.717, 1.165) is 11.3 Å². The lowest BCUT2D eigenvalue weighted by atomic mass is 10.2. The summed E-state index contributed by atoms with van der Waals surface area (Å²) in [5.41, 5.74) is 7.78. The van der Waals surface area contributed by atoms with Crippen LogP contribution in [0.3, 0.4) is 0 Å². The van der Waals surface area contributed by atoms with E-state index in [2.05, 4.69) is 15.7 Å². The van der Waals surface area contributed by atoms with Crippen LogP contribution < -0.4 is 16.4 Å². The Morgan fingerprint density at radius 2 is 2.05 bits per heavy atom. The summed E-state index contributed by atoms with van der Waals surface area (Å²) in [6.45, 7) is 1.93. The molecule has 2 aromatic rings. The van der Waals surface area contributed by atoms with E-state index in [9.17, 15) is 4.79 Å². The topological polar surface area (TPSA) is 85.0 Å². The molecule has 0 aliphatic rings. The minimum absolute atomic E-state index is 0.252. The van der Waals surface area contributed by atoms with Gasteiger partial charge in [0, 0.05) is 17.8 Å². The number of amides is 1. The number of thiocarbonyl (C=S) groups is 1. The summed E-state index contributed by atoms with van der Waals surface area (Å²) in [5, 5.41) is 10.8. The molecular weight excluding hydrogens is 310 g/mol. The molecule has 0 aliphatic heterocycles. The van der Waals surface area contributed by atoms with Crippen LogP contribution in [0.1, 0.15) is 16.1 Å². The molecule has 4 N–H and O–H groups in total. The molecule has 0 fully saturated rings. The zero-order chi connectivity index (χ0) is 15.6. The molecule has 21 heavy (non-hydrogen) atoms. The maximum absolute atomic E-state index is 11.4. The van der Waals surface area contributed by atoms with Crippen molar-refractivity contribution in [3.8, 4) is 0 Å². The Balaban J connectivity index is 2.16. The summed E-state index contributed by atoms with van der Waals surface area (Å²) < 4.78 is 1.39. The van der Waals surface area contributed by atoms with Crippen molar-refractivity contribution in [2.45, 2.75) is 6.92 Å². The van der Waals surface area contributed by atoms with Crippen molar-refractivity contribution in [3.63, 3.8) is 0 Å². The zero-order valence-corrected chi connectivity index (χ0v) is 13.0. The van der Waals surface area contributed by atoms with Crippen molar-refractivity contribution in [1.82, 2.24) is 9.78 Å². The van der Waals surface area contributed by atoms with Crippen molar-refractivity contribution in [2.24, 2.45) is 12.8 Å². The van der Waals surface area contributed by atoms with Crippen LogP contribution in [0, 0.1) is 6.92 Å². The number of nitrogens with zero attached hydrogens (tertiary/aromatic N) is 2. The molecule has 0 saturated heterocycles. The van der Waals surface area contributed by atoms with Gasteiger partial charge in [-0.25, -0.2) is 0 Å². The third-order valence-electron chi connectivity index (χ3n) is 2.87. The maximum atomic E-state index is 11.4. The van der Waals surface area contributed by atoms with Gasteiger partial charge in [0.15, 0.2) is 5.11 Å². The number of aryl methyl sites for hydroxylation is 2. The fourth-order valence-corrected chi connectivity index (χ4v) is 2.22. The van der Waals surface area contributed by atoms with Crippen LogP contribution >= 0.6 is 23.8 Å². The van der Waals surface area contributed by atoms with E-state index in [-0.39, 0.29) is 5.69 Å². The summed E-state index contributed by atoms with van der Waals surface area (Å²) in [6.07, 6.45) is 1.49. The lowest BCUT2D eigenvalue weighted by Crippen LogP contribution is -2.23. The fraction of sp³-hybridized carbons (Fsp3) is 0.154. The molecule has 110 valence electrons. The van der Waals surface area contributed by atoms with E-state index in [0.29, 0.717) is 15.8 Å². The number of hydrogen-bond acceptors (Lipinski definition) is 3. The van der Waals surface area contributed by atoms with E-state index < -0.39 is 5.91 Å². The molecule has 0 saturated carbocycles. The van der Waals surface area contributed by atoms with Gasteiger partial charge in [0.05, 0.1) is 11.9 Å². The SMILES string of the molecule is Cc1ccc(Cl)cc1NC(=S)Nc1cnn(C)c1C(N)=O. The second-order valence-electron chi connectivity index (χ2n) is 4.43. The van der Waals surface area contributed by atoms with Gasteiger partial charge in [0.25, 0.3) is 5.91 Å². The highest BCUT2D eigenvalue weighted by Crippen LogP contribution is 2.21. The molecule has 1 heterocycles. The molecule has 0 atom stereocenters. The standard InChI is InChI=1S/C13H14ClN5OS/c1-7-3-4-8(14)5-9(7)17-13(21)18-10-6-16-19(2)11(10)12(15)20/h3-6H,1-2H3,(H2,15,20)(H2,17,18,21). The normalized spacial score (nSPS) is 10.2. The minimum Gasteiger partial charge on any atom is -0.364 e. The number of halogens is 1. The van der Waals surface area contributed by atoms with Gasteiger partial charge < -0.3 is 16.4 Å². The van der Waals surface area contributed by atoms with E-state index >= 15 is 0 Å². The molecule has 1 aromatic carbocycles. The Kier molecular flexibility index (Phi) is 4.44. The number of nitrogens with one attached hydrogen (secondary N) is 2. The molecule has 0 spiro atoms. The summed E-state index contributed by atoms with van der Waals surface area (Å²) in [7, 11) is 1.63. The van der Waals surface area contributed by atoms with Crippen LogP contribution in [0.4, 0.5) is 11.4 Å². The Labute approximate surface area is 132 Å². The summed E-state index contributed by atoms with van der Waals surface area (Å²) in [4.78, 5) is 11.4. The number of aromatic nitrogens is 2. The van der Waals surface area contributed by atoms with E-state index in [1.54, 1.807) is 19.2 Å². The molecule has 2 rings (SSSR count). The molecule has 0 aliphatic carbocycles. The van der Waals surface area contributed by atoms with Crippen LogP contribution in [0.5, 0.6) is 0 Å². The van der Waals surface area contributed by atoms with Gasteiger partial charge in [-0.2, -0.15) is 5.10 Å². The van der Waals surface area contributed by atoms with E-state index in [1.807, 2.05) is 13.0 Å². The number of primary amides is 1. The zero-order valence-electron chi connectivity index (χ0n) is 11.5. The molecule has 0 bridgehead atoms. The Morgan fingerprint density at radius 1 is 1.38 bits per heavy atom. The van der Waals surface area contributed by atoms with E-state index in [1.165, 1.54) is 10.9 Å². The lowest BCUT2D eigenvalue weighted by molar-refractivity contribution is 0.0992. The van der Waals surface area contributed by atoms with Gasteiger partial charge in [0.1, 0.15) is 5.69 Å². The van der Waals surface area contributed by atoms with Crippen LogP contribution in [0.25, 0.3) is 0 Å². The highest BCUT2D eigenvalue weighted by Gasteiger charge is 2.15. The quantitative estimate of drug-likeness (QED) is 0.755. The second-order valence-corrected chi connectivity index (χ2v) is 5.28. The smallest absolute Gasteiger partial charge is 0.269 e. The average Bonchev–Trinajstić information content (AvgIpc) is 2.75. The monoisotopic (exact) mass is 323 g/mol. The maximum Gasteiger partial charge on any atom is 0.269 e. The first kappa shape index (κ1) is 15.3. The number of carbonyl (C=O) groups is 1. The second kappa shape index (κ2) is 6.11. The van der Waals surface area contributed by atoms with Gasteiger partial charge in [-0.3, -0.25) is 9.48 Å². The summed E-state index contributed by atoms with van der Waals surface area (Å²) >= 11 is 11.2. The first-order valence-electron chi connectivity index (χ1n) is 6.04. The first-order valence-corrected chi connectivity index (χ1v) is 6.83. The van der Waals surface area contributed by atoms with Crippen molar-refractivity contribution in [2.75, 3.05) is 10.6 Å². The minimum atomic E-state index is -0.584. The van der Waals surface area contributed by atoms with Crippen molar-refractivity contribution in [1.29, 1.82) is 0 Å². The van der Waals surface area contributed by atoms with Crippen LogP contribution in [-0.2, 0) is 7.05 Å². The van der Waals surface area contributed by atoms with Crippen molar-refractivity contribution >= 4 is 46.2 Å². The van der Waals surface area contributed by atoms with Crippen LogP contribution in [0.15, 0.2) is 24.4 Å². The number of nitrogens with two attached hydrogens (primary N) is 1. The molecule has 8 heteroatoms. The lowest BCUT2D eigenvalue weighted by Gasteiger charge is -2.12. The van der Waals surface area contributed by atoms with Crippen molar-refractivity contribution in [3.05, 3.63) is 40.7 Å². The number of hydrogen-bond donors (Lipinski definition) is 3. The molecule has 0 radical (unpaired) electrons. The highest BCUT2D eigenvalue weighted by atomic mass is 35.5. The van der Waals surface area contributed by atoms with E-state index in [4.69, 9.17) is 29.6 Å².